The maximum atomic E-state index is 12.3. The molecule has 1 N–H and O–H groups in total. The van der Waals surface area contributed by atoms with Gasteiger partial charge in [0.05, 0.1) is 17.7 Å². The molecule has 0 radical (unpaired) electrons. The van der Waals surface area contributed by atoms with Crippen LogP contribution in [-0.2, 0) is 20.2 Å². The van der Waals surface area contributed by atoms with E-state index in [0.29, 0.717) is 0 Å². The predicted octanol–water partition coefficient (Wildman–Crippen LogP) is 2.91. The highest BCUT2D eigenvalue weighted by Crippen LogP contribution is 2.29. The molecule has 20 heavy (non-hydrogen) atoms. The third-order valence-electron chi connectivity index (χ3n) is 1.70. The predicted molar refractivity (Wildman–Crippen MR) is 64.8 cm³/mol. The lowest BCUT2D eigenvalue weighted by atomic mass is 10.1. The molecule has 0 saturated carbocycles. The van der Waals surface area contributed by atoms with Crippen LogP contribution in [-0.4, -0.2) is 25.5 Å². The second kappa shape index (κ2) is 7.46. The molecule has 0 fully saturated rings. The van der Waals surface area contributed by atoms with Crippen molar-refractivity contribution in [2.75, 3.05) is 6.61 Å². The number of benzene rings is 1. The van der Waals surface area contributed by atoms with E-state index in [1.165, 1.54) is 12.1 Å². The molecule has 114 valence electrons. The van der Waals surface area contributed by atoms with Crippen molar-refractivity contribution in [2.45, 2.75) is 13.1 Å². The molecule has 0 aliphatic heterocycles. The minimum Gasteiger partial charge on any atom is -0.462 e. The van der Waals surface area contributed by atoms with E-state index in [2.05, 4.69) is 15.4 Å². The van der Waals surface area contributed by atoms with Gasteiger partial charge in [0.25, 0.3) is 0 Å². The summed E-state index contributed by atoms with van der Waals surface area (Å²) in [6.45, 7) is 1.72. The summed E-state index contributed by atoms with van der Waals surface area (Å²) in [6.07, 6.45) is -4.44. The highest BCUT2D eigenvalue weighted by atomic mass is 35.7. The molecule has 0 heterocycles. The molecular weight excluding hydrogens is 325 g/mol. The zero-order valence-electron chi connectivity index (χ0n) is 10.0. The molecule has 0 aliphatic carbocycles. The largest absolute Gasteiger partial charge is 0.462 e. The average molecular weight is 335 g/mol. The first-order chi connectivity index (χ1) is 8.95. The number of ether oxygens (including phenoxy) is 1. The van der Waals surface area contributed by atoms with Crippen molar-refractivity contribution < 1.29 is 35.7 Å². The molecule has 0 aliphatic rings. The fourth-order valence-electron chi connectivity index (χ4n) is 1.04. The molecule has 1 aromatic rings. The zero-order valence-corrected chi connectivity index (χ0v) is 11.6. The van der Waals surface area contributed by atoms with Gasteiger partial charge in [0.15, 0.2) is 0 Å². The molecule has 0 unspecified atom stereocenters. The number of hydrogen-bond donors (Lipinski definition) is 1. The van der Waals surface area contributed by atoms with Crippen molar-refractivity contribution in [3.63, 3.8) is 0 Å². The maximum absolute atomic E-state index is 12.3. The number of carbonyl (C=O) groups excluding carboxylic acids is 1. The Morgan fingerprint density at radius 1 is 1.40 bits per heavy atom. The second-order valence-electron chi connectivity index (χ2n) is 3.21. The summed E-state index contributed by atoms with van der Waals surface area (Å²) in [7, 11) is -0.137. The Kier molecular flexibility index (Phi) is 6.97. The first kappa shape index (κ1) is 18.7. The van der Waals surface area contributed by atoms with Crippen molar-refractivity contribution >= 4 is 26.0 Å². The van der Waals surface area contributed by atoms with E-state index < -0.39 is 27.0 Å². The summed E-state index contributed by atoms with van der Waals surface area (Å²) in [5.74, 6) is -0.747. The van der Waals surface area contributed by atoms with Crippen molar-refractivity contribution in [3.05, 3.63) is 35.4 Å². The molecule has 1 aromatic carbocycles. The lowest BCUT2D eigenvalue weighted by Gasteiger charge is -2.07. The van der Waals surface area contributed by atoms with Gasteiger partial charge in [-0.2, -0.15) is 21.6 Å². The van der Waals surface area contributed by atoms with Crippen LogP contribution < -0.4 is 0 Å². The molecule has 0 bridgehead atoms. The number of carbonyl (C=O) groups is 1. The Labute approximate surface area is 117 Å². The molecule has 5 nitrogen and oxygen atoms in total. The molecule has 0 saturated heterocycles. The first-order valence-corrected chi connectivity index (χ1v) is 7.23. The minimum absolute atomic E-state index is 0.0910. The van der Waals surface area contributed by atoms with E-state index in [1.54, 1.807) is 6.92 Å². The molecule has 0 amide bonds. The van der Waals surface area contributed by atoms with Crippen LogP contribution in [0.1, 0.15) is 22.8 Å². The smallest absolute Gasteiger partial charge is 0.416 e. The van der Waals surface area contributed by atoms with Crippen molar-refractivity contribution in [3.8, 4) is 0 Å². The van der Waals surface area contributed by atoms with Gasteiger partial charge in [-0.05, 0) is 25.1 Å². The number of alkyl halides is 3. The summed E-state index contributed by atoms with van der Waals surface area (Å²) in [5.41, 5.74) is -0.945. The van der Waals surface area contributed by atoms with Crippen LogP contribution in [0.3, 0.4) is 0 Å². The van der Waals surface area contributed by atoms with Gasteiger partial charge in [-0.25, -0.2) is 4.79 Å². The van der Waals surface area contributed by atoms with E-state index in [9.17, 15) is 18.0 Å². The van der Waals surface area contributed by atoms with E-state index in [4.69, 9.17) is 13.0 Å². The van der Waals surface area contributed by atoms with Crippen molar-refractivity contribution in [1.82, 2.24) is 0 Å². The standard InChI is InChI=1S/C10H9F3O2.ClHO3S/c1-2-15-9(14)7-4-3-5-8(6-7)10(11,12)13;1-5(2,3)4/h3-6H,2H2,1H3;(H,2,3,4). The number of esters is 1. The fraction of sp³-hybridized carbons (Fsp3) is 0.300. The average Bonchev–Trinajstić information content (AvgIpc) is 2.26. The molecule has 1 rings (SSSR count). The molecule has 10 heteroatoms. The molecule has 0 spiro atoms. The third kappa shape index (κ3) is 8.73. The fourth-order valence-corrected chi connectivity index (χ4v) is 1.04. The topological polar surface area (TPSA) is 80.7 Å². The van der Waals surface area contributed by atoms with Gasteiger partial charge in [0.2, 0.25) is 0 Å². The third-order valence-corrected chi connectivity index (χ3v) is 1.70. The van der Waals surface area contributed by atoms with Crippen molar-refractivity contribution in [2.24, 2.45) is 0 Å². The number of halogens is 4. The summed E-state index contributed by atoms with van der Waals surface area (Å²) in [4.78, 5) is 11.1. The highest BCUT2D eigenvalue weighted by molar-refractivity contribution is 8.09. The van der Waals surface area contributed by atoms with Crippen LogP contribution >= 0.6 is 10.7 Å². The van der Waals surface area contributed by atoms with Crippen LogP contribution in [0.5, 0.6) is 0 Å². The van der Waals surface area contributed by atoms with Gasteiger partial charge in [-0.15, -0.1) is 0 Å². The van der Waals surface area contributed by atoms with Gasteiger partial charge in [-0.3, -0.25) is 4.55 Å². The Morgan fingerprint density at radius 3 is 2.30 bits per heavy atom. The maximum Gasteiger partial charge on any atom is 0.416 e. The lowest BCUT2D eigenvalue weighted by molar-refractivity contribution is -0.137. The summed E-state index contributed by atoms with van der Waals surface area (Å²) in [5, 5.41) is 0. The van der Waals surface area contributed by atoms with Crippen molar-refractivity contribution in [1.29, 1.82) is 0 Å². The van der Waals surface area contributed by atoms with Gasteiger partial charge in [0.1, 0.15) is 0 Å². The number of hydrogen-bond acceptors (Lipinski definition) is 4. The van der Waals surface area contributed by atoms with Gasteiger partial charge < -0.3 is 4.74 Å². The molecule has 0 aromatic heterocycles. The van der Waals surface area contributed by atoms with Gasteiger partial charge >= 0.3 is 21.5 Å². The van der Waals surface area contributed by atoms with Crippen LogP contribution in [0.2, 0.25) is 0 Å². The van der Waals surface area contributed by atoms with Crippen LogP contribution in [0.15, 0.2) is 24.3 Å². The van der Waals surface area contributed by atoms with Gasteiger partial charge in [-0.1, -0.05) is 6.07 Å². The SMILES string of the molecule is CCOC(=O)c1cccc(C(F)(F)F)c1.O=S(=O)(O)Cl. The van der Waals surface area contributed by atoms with E-state index in [0.717, 1.165) is 12.1 Å². The molecular formula is C10H10ClF3O5S. The quantitative estimate of drug-likeness (QED) is 0.511. The minimum atomic E-state index is -4.44. The number of rotatable bonds is 2. The normalized spacial score (nSPS) is 11.3. The Bertz CT molecular complexity index is 548. The van der Waals surface area contributed by atoms with E-state index in [1.807, 2.05) is 0 Å². The van der Waals surface area contributed by atoms with E-state index in [-0.39, 0.29) is 12.2 Å². The monoisotopic (exact) mass is 334 g/mol. The summed E-state index contributed by atoms with van der Waals surface area (Å²) >= 11 is 0. The lowest BCUT2D eigenvalue weighted by Crippen LogP contribution is -2.09. The first-order valence-electron chi connectivity index (χ1n) is 4.96. The Morgan fingerprint density at radius 2 is 1.90 bits per heavy atom. The Balaban J connectivity index is 0.000000621. The Hall–Kier alpha value is -1.32. The molecule has 0 atom stereocenters. The highest BCUT2D eigenvalue weighted by Gasteiger charge is 2.30. The second-order valence-corrected chi connectivity index (χ2v) is 5.21. The van der Waals surface area contributed by atoms with Crippen LogP contribution in [0, 0.1) is 0 Å². The van der Waals surface area contributed by atoms with E-state index >= 15 is 0 Å². The van der Waals surface area contributed by atoms with Gasteiger partial charge in [0, 0.05) is 10.7 Å². The summed E-state index contributed by atoms with van der Waals surface area (Å²) < 4.78 is 66.5. The van der Waals surface area contributed by atoms with Crippen LogP contribution in [0.25, 0.3) is 0 Å². The van der Waals surface area contributed by atoms with Crippen LogP contribution in [0.4, 0.5) is 13.2 Å². The summed E-state index contributed by atoms with van der Waals surface area (Å²) in [6, 6.07) is 4.14. The zero-order chi connectivity index (χ0) is 16.0.